The van der Waals surface area contributed by atoms with Gasteiger partial charge in [0.2, 0.25) is 0 Å². The van der Waals surface area contributed by atoms with Gasteiger partial charge in [0, 0.05) is 0 Å². The van der Waals surface area contributed by atoms with Crippen LogP contribution in [0.4, 0.5) is 0 Å². The van der Waals surface area contributed by atoms with Crippen LogP contribution < -0.4 is 0 Å². The maximum atomic E-state index is 4.90. The van der Waals surface area contributed by atoms with E-state index in [1.807, 2.05) is 0 Å². The topological polar surface area (TPSA) is 21.8 Å². The summed E-state index contributed by atoms with van der Waals surface area (Å²) in [5, 5.41) is 0. The van der Waals surface area contributed by atoms with Gasteiger partial charge >= 0.3 is 5.95 Å². The smallest absolute Gasteiger partial charge is 0.339 e. The van der Waals surface area contributed by atoms with E-state index < -0.39 is 0 Å². The van der Waals surface area contributed by atoms with Crippen LogP contribution >= 0.6 is 0 Å². The Morgan fingerprint density at radius 1 is 1.38 bits per heavy atom. The Morgan fingerprint density at radius 2 is 2.25 bits per heavy atom. The quantitative estimate of drug-likeness (QED) is 0.504. The van der Waals surface area contributed by atoms with Crippen molar-refractivity contribution in [2.24, 2.45) is 0 Å². The van der Waals surface area contributed by atoms with Crippen LogP contribution in [0.2, 0.25) is 0 Å². The number of hydrogen-bond acceptors (Lipinski definition) is 2. The summed E-state index contributed by atoms with van der Waals surface area (Å²) in [7, 11) is 0. The number of hydrogen-bond donors (Lipinski definition) is 0. The van der Waals surface area contributed by atoms with Crippen LogP contribution in [-0.4, -0.2) is 0 Å². The Bertz CT molecular complexity index is 211. The molecule has 0 unspecified atom stereocenters. The summed E-state index contributed by atoms with van der Waals surface area (Å²) >= 11 is 0. The molecule has 0 bridgehead atoms. The second-order valence-electron chi connectivity index (χ2n) is 1.59. The number of ether oxygens (including phenoxy) is 2. The summed E-state index contributed by atoms with van der Waals surface area (Å²) in [5.41, 5.74) is 0. The van der Waals surface area contributed by atoms with Gasteiger partial charge in [-0.15, -0.1) is 0 Å². The summed E-state index contributed by atoms with van der Waals surface area (Å²) in [6.07, 6.45) is 3.44. The molecular formula is C6H4O2. The van der Waals surface area contributed by atoms with Gasteiger partial charge in [-0.3, -0.25) is 0 Å². The summed E-state index contributed by atoms with van der Waals surface area (Å²) in [6, 6.07) is 0. The average molecular weight is 108 g/mol. The molecule has 0 aromatic heterocycles. The fraction of sp³-hybridized carbons (Fsp3) is 0. The van der Waals surface area contributed by atoms with E-state index in [0.29, 0.717) is 5.95 Å². The van der Waals surface area contributed by atoms with Crippen LogP contribution in [0.3, 0.4) is 0 Å². The van der Waals surface area contributed by atoms with Crippen LogP contribution in [0.5, 0.6) is 0 Å². The molecule has 0 spiro atoms. The molecule has 2 aliphatic rings. The van der Waals surface area contributed by atoms with Gasteiger partial charge in [0.05, 0.1) is 0 Å². The van der Waals surface area contributed by atoms with Crippen molar-refractivity contribution in [1.82, 2.24) is 0 Å². The molecule has 0 aliphatic carbocycles. The molecule has 40 valence electrons. The predicted octanol–water partition coefficient (Wildman–Crippen LogP) is 1.29. The van der Waals surface area contributed by atoms with Gasteiger partial charge in [0.1, 0.15) is 0 Å². The standard InChI is InChI=1S/C6H4O2/c1-2-3-4-5-6(7-4)8-5/h2-3H,1H2. The first-order valence-corrected chi connectivity index (χ1v) is 2.35. The van der Waals surface area contributed by atoms with Gasteiger partial charge < -0.3 is 9.47 Å². The van der Waals surface area contributed by atoms with Gasteiger partial charge in [-0.05, 0) is 6.08 Å². The molecule has 0 saturated carbocycles. The Kier molecular flexibility index (Phi) is 0.457. The van der Waals surface area contributed by atoms with Crippen LogP contribution in [0.1, 0.15) is 0 Å². The molecule has 2 aliphatic heterocycles. The summed E-state index contributed by atoms with van der Waals surface area (Å²) in [6.45, 7) is 3.50. The fourth-order valence-corrected chi connectivity index (χ4v) is 0.602. The molecule has 2 heterocycles. The Hall–Kier alpha value is -1.18. The van der Waals surface area contributed by atoms with E-state index >= 15 is 0 Å². The minimum absolute atomic E-state index is 0.679. The molecule has 2 nitrogen and oxygen atoms in total. The third-order valence-corrected chi connectivity index (χ3v) is 1.03. The van der Waals surface area contributed by atoms with Gasteiger partial charge in [-0.2, -0.15) is 0 Å². The largest absolute Gasteiger partial charge is 0.419 e. The van der Waals surface area contributed by atoms with Crippen molar-refractivity contribution >= 4 is 0 Å². The van der Waals surface area contributed by atoms with Crippen molar-refractivity contribution in [3.8, 4) is 0 Å². The zero-order chi connectivity index (χ0) is 5.56. The van der Waals surface area contributed by atoms with Crippen molar-refractivity contribution in [3.63, 3.8) is 0 Å². The molecular weight excluding hydrogens is 104 g/mol. The number of allylic oxidation sites excluding steroid dienone is 2. The van der Waals surface area contributed by atoms with Crippen molar-refractivity contribution in [2.45, 2.75) is 0 Å². The van der Waals surface area contributed by atoms with E-state index in [9.17, 15) is 0 Å². The third kappa shape index (κ3) is 0.281. The normalized spacial score (nSPS) is 25.2. The first kappa shape index (κ1) is 3.78. The third-order valence-electron chi connectivity index (χ3n) is 1.03. The molecule has 0 aromatic rings. The maximum Gasteiger partial charge on any atom is 0.339 e. The van der Waals surface area contributed by atoms with Gasteiger partial charge in [-0.1, -0.05) is 12.7 Å². The lowest BCUT2D eigenvalue weighted by Crippen LogP contribution is -1.88. The number of rotatable bonds is 1. The van der Waals surface area contributed by atoms with Crippen molar-refractivity contribution in [2.75, 3.05) is 0 Å². The first-order valence-electron chi connectivity index (χ1n) is 2.35. The monoisotopic (exact) mass is 108 g/mol. The maximum absolute atomic E-state index is 4.90. The Balaban J connectivity index is 2.23. The van der Waals surface area contributed by atoms with Gasteiger partial charge in [-0.25, -0.2) is 0 Å². The van der Waals surface area contributed by atoms with Crippen LogP contribution in [-0.2, 0) is 9.47 Å². The predicted molar refractivity (Wildman–Crippen MR) is 27.5 cm³/mol. The molecule has 0 saturated heterocycles. The molecule has 8 heavy (non-hydrogen) atoms. The highest BCUT2D eigenvalue weighted by molar-refractivity contribution is 5.42. The zero-order valence-corrected chi connectivity index (χ0v) is 4.18. The van der Waals surface area contributed by atoms with E-state index in [1.54, 1.807) is 12.2 Å². The summed E-state index contributed by atoms with van der Waals surface area (Å²) in [4.78, 5) is 0. The lowest BCUT2D eigenvalue weighted by atomic mass is 10.4. The van der Waals surface area contributed by atoms with Gasteiger partial charge in [0.25, 0.3) is 5.76 Å². The molecule has 2 heteroatoms. The van der Waals surface area contributed by atoms with Crippen molar-refractivity contribution < 1.29 is 9.47 Å². The van der Waals surface area contributed by atoms with E-state index in [2.05, 4.69) is 6.58 Å². The molecule has 0 amide bonds. The molecule has 0 radical (unpaired) electrons. The molecule has 2 rings (SSSR count). The van der Waals surface area contributed by atoms with Crippen LogP contribution in [0, 0.1) is 0 Å². The molecule has 0 fully saturated rings. The highest BCUT2D eigenvalue weighted by atomic mass is 16.8. The molecule has 0 N–H and O–H groups in total. The van der Waals surface area contributed by atoms with E-state index in [4.69, 9.17) is 9.47 Å². The first-order chi connectivity index (χ1) is 3.92. The second-order valence-corrected chi connectivity index (χ2v) is 1.59. The molecule has 0 aromatic carbocycles. The lowest BCUT2D eigenvalue weighted by Gasteiger charge is -1.96. The SMILES string of the molecule is C=CC=C1OC2=C1O2. The van der Waals surface area contributed by atoms with E-state index in [-0.39, 0.29) is 0 Å². The summed E-state index contributed by atoms with van der Waals surface area (Å²) in [5.74, 6) is 2.37. The van der Waals surface area contributed by atoms with E-state index in [0.717, 1.165) is 11.5 Å². The summed E-state index contributed by atoms with van der Waals surface area (Å²) < 4.78 is 9.69. The average Bonchev–Trinajstić information content (AvgIpc) is 2.36. The molecule has 0 atom stereocenters. The highest BCUT2D eigenvalue weighted by Gasteiger charge is 2.44. The van der Waals surface area contributed by atoms with Crippen molar-refractivity contribution in [1.29, 1.82) is 0 Å². The van der Waals surface area contributed by atoms with Crippen LogP contribution in [0.15, 0.2) is 36.2 Å². The minimum Gasteiger partial charge on any atom is -0.419 e. The minimum atomic E-state index is 0.679. The van der Waals surface area contributed by atoms with E-state index in [1.165, 1.54) is 0 Å². The lowest BCUT2D eigenvalue weighted by molar-refractivity contribution is 0.265. The Morgan fingerprint density at radius 3 is 2.62 bits per heavy atom. The highest BCUT2D eigenvalue weighted by Crippen LogP contribution is 2.46. The zero-order valence-electron chi connectivity index (χ0n) is 4.18. The Labute approximate surface area is 46.7 Å². The van der Waals surface area contributed by atoms with Crippen LogP contribution in [0.25, 0.3) is 0 Å². The fourth-order valence-electron chi connectivity index (χ4n) is 0.602. The van der Waals surface area contributed by atoms with Crippen molar-refractivity contribution in [3.05, 3.63) is 36.2 Å². The second kappa shape index (κ2) is 0.968. The van der Waals surface area contributed by atoms with Gasteiger partial charge in [0.15, 0.2) is 5.76 Å².